The monoisotopic (exact) mass is 429 g/mol. The summed E-state index contributed by atoms with van der Waals surface area (Å²) in [5.41, 5.74) is 2.47. The van der Waals surface area contributed by atoms with E-state index in [9.17, 15) is 13.2 Å². The van der Waals surface area contributed by atoms with Crippen LogP contribution in [0.1, 0.15) is 30.3 Å². The van der Waals surface area contributed by atoms with Gasteiger partial charge in [0.2, 0.25) is 10.0 Å². The highest BCUT2D eigenvalue weighted by molar-refractivity contribution is 7.92. The Bertz CT molecular complexity index is 1400. The van der Waals surface area contributed by atoms with Gasteiger partial charge in [-0.15, -0.1) is 0 Å². The van der Waals surface area contributed by atoms with Crippen molar-refractivity contribution in [1.29, 1.82) is 0 Å². The maximum absolute atomic E-state index is 12.8. The molecule has 2 aromatic heterocycles. The molecule has 158 valence electrons. The quantitative estimate of drug-likeness (QED) is 0.652. The van der Waals surface area contributed by atoms with Crippen molar-refractivity contribution in [3.8, 4) is 11.1 Å². The van der Waals surface area contributed by atoms with Crippen molar-refractivity contribution >= 4 is 32.3 Å². The minimum atomic E-state index is -3.49. The number of benzene rings is 1. The van der Waals surface area contributed by atoms with E-state index in [2.05, 4.69) is 14.6 Å². The van der Waals surface area contributed by atoms with E-state index >= 15 is 0 Å². The molecule has 1 aromatic carbocycles. The first kappa shape index (κ1) is 16.0. The Balaban J connectivity index is 1.70. The summed E-state index contributed by atoms with van der Waals surface area (Å²) in [6, 6.07) is 7.07. The molecule has 0 atom stereocenters. The SMILES string of the molecule is [2H]C([2H])([2H])n1cc(-c2cc(NS(=O)(=O)CC)ccc2N2CC3(CCC3)C2)c2cc[nH]c2c1=O. The summed E-state index contributed by atoms with van der Waals surface area (Å²) in [7, 11) is -3.49. The van der Waals surface area contributed by atoms with Gasteiger partial charge in [0, 0.05) is 69.9 Å². The minimum absolute atomic E-state index is 0.0648. The third-order valence-electron chi connectivity index (χ3n) is 6.48. The summed E-state index contributed by atoms with van der Waals surface area (Å²) in [6.07, 6.45) is 6.63. The third kappa shape index (κ3) is 3.01. The van der Waals surface area contributed by atoms with Gasteiger partial charge in [-0.05, 0) is 44.0 Å². The predicted octanol–water partition coefficient (Wildman–Crippen LogP) is 3.29. The Morgan fingerprint density at radius 2 is 2.03 bits per heavy atom. The topological polar surface area (TPSA) is 87.2 Å². The lowest BCUT2D eigenvalue weighted by Gasteiger charge is -2.57. The molecule has 1 saturated carbocycles. The second-order valence-electron chi connectivity index (χ2n) is 8.43. The molecule has 30 heavy (non-hydrogen) atoms. The number of aromatic amines is 1. The number of sulfonamides is 1. The zero-order valence-corrected chi connectivity index (χ0v) is 17.6. The van der Waals surface area contributed by atoms with Crippen LogP contribution in [0, 0.1) is 5.41 Å². The Morgan fingerprint density at radius 3 is 2.70 bits per heavy atom. The van der Waals surface area contributed by atoms with Gasteiger partial charge in [0.05, 0.1) is 5.75 Å². The highest BCUT2D eigenvalue weighted by Gasteiger charge is 2.47. The fourth-order valence-electron chi connectivity index (χ4n) is 4.63. The van der Waals surface area contributed by atoms with E-state index in [1.165, 1.54) is 25.5 Å². The number of aryl methyl sites for hydroxylation is 1. The first-order valence-electron chi connectivity index (χ1n) is 11.7. The van der Waals surface area contributed by atoms with Crippen molar-refractivity contribution in [2.24, 2.45) is 12.4 Å². The summed E-state index contributed by atoms with van der Waals surface area (Å²) < 4.78 is 51.2. The molecule has 2 N–H and O–H groups in total. The van der Waals surface area contributed by atoms with E-state index in [0.717, 1.165) is 23.3 Å². The summed E-state index contributed by atoms with van der Waals surface area (Å²) in [6.45, 7) is 0.731. The third-order valence-corrected chi connectivity index (χ3v) is 7.78. The van der Waals surface area contributed by atoms with E-state index in [1.807, 2.05) is 6.07 Å². The van der Waals surface area contributed by atoms with E-state index in [4.69, 9.17) is 4.11 Å². The number of pyridine rings is 1. The highest BCUT2D eigenvalue weighted by Crippen LogP contribution is 2.51. The first-order chi connectivity index (χ1) is 15.5. The largest absolute Gasteiger partial charge is 0.370 e. The molecule has 2 fully saturated rings. The Morgan fingerprint density at radius 1 is 1.23 bits per heavy atom. The van der Waals surface area contributed by atoms with Gasteiger partial charge in [0.25, 0.3) is 5.56 Å². The van der Waals surface area contributed by atoms with Crippen LogP contribution in [0.25, 0.3) is 22.0 Å². The lowest BCUT2D eigenvalue weighted by molar-refractivity contribution is 0.0905. The summed E-state index contributed by atoms with van der Waals surface area (Å²) in [4.78, 5) is 17.9. The maximum Gasteiger partial charge on any atom is 0.274 e. The molecule has 1 aliphatic carbocycles. The number of rotatable bonds is 5. The number of hydrogen-bond donors (Lipinski definition) is 2. The smallest absolute Gasteiger partial charge is 0.274 e. The fraction of sp³-hybridized carbons (Fsp3) is 0.409. The van der Waals surface area contributed by atoms with Crippen LogP contribution in [0.2, 0.25) is 0 Å². The molecule has 1 aliphatic heterocycles. The number of H-pyrrole nitrogens is 1. The summed E-state index contributed by atoms with van der Waals surface area (Å²) in [5.74, 6) is -0.0648. The number of aromatic nitrogens is 2. The molecule has 1 spiro atoms. The molecule has 0 amide bonds. The van der Waals surface area contributed by atoms with Gasteiger partial charge in [0.15, 0.2) is 0 Å². The van der Waals surface area contributed by atoms with Crippen LogP contribution in [0.4, 0.5) is 11.4 Å². The van der Waals surface area contributed by atoms with Crippen molar-refractivity contribution in [1.82, 2.24) is 9.55 Å². The zero-order valence-electron chi connectivity index (χ0n) is 19.7. The molecule has 8 heteroatoms. The molecule has 3 heterocycles. The Hall–Kier alpha value is -2.74. The lowest BCUT2D eigenvalue weighted by Crippen LogP contribution is -2.60. The van der Waals surface area contributed by atoms with Crippen LogP contribution in [0.5, 0.6) is 0 Å². The second kappa shape index (κ2) is 6.63. The van der Waals surface area contributed by atoms with E-state index in [0.29, 0.717) is 27.6 Å². The maximum atomic E-state index is 12.8. The standard InChI is InChI=1S/C22H26N4O3S/c1-3-30(28,29)24-15-5-6-19(26-13-22(14-26)8-4-9-22)17(11-15)18-12-25(2)21(27)20-16(18)7-10-23-20/h5-7,10-12,23-24H,3-4,8-9,13-14H2,1-2H3/i2D3. The molecular weight excluding hydrogens is 400 g/mol. The normalized spacial score (nSPS) is 19.6. The van der Waals surface area contributed by atoms with Crippen LogP contribution >= 0.6 is 0 Å². The van der Waals surface area contributed by atoms with Gasteiger partial charge in [-0.3, -0.25) is 9.52 Å². The predicted molar refractivity (Wildman–Crippen MR) is 121 cm³/mol. The second-order valence-corrected chi connectivity index (χ2v) is 10.4. The van der Waals surface area contributed by atoms with Crippen molar-refractivity contribution in [2.45, 2.75) is 26.2 Å². The van der Waals surface area contributed by atoms with Gasteiger partial charge in [-0.2, -0.15) is 0 Å². The molecular formula is C22H26N4O3S. The van der Waals surface area contributed by atoms with Gasteiger partial charge in [-0.1, -0.05) is 6.42 Å². The Labute approximate surface area is 180 Å². The molecule has 3 aromatic rings. The van der Waals surface area contributed by atoms with Gasteiger partial charge >= 0.3 is 0 Å². The molecule has 5 rings (SSSR count). The molecule has 1 saturated heterocycles. The van der Waals surface area contributed by atoms with Crippen molar-refractivity contribution in [3.63, 3.8) is 0 Å². The molecule has 0 bridgehead atoms. The summed E-state index contributed by atoms with van der Waals surface area (Å²) >= 11 is 0. The minimum Gasteiger partial charge on any atom is -0.370 e. The van der Waals surface area contributed by atoms with Crippen LogP contribution in [0.3, 0.4) is 0 Å². The number of fused-ring (bicyclic) bond motifs is 1. The van der Waals surface area contributed by atoms with E-state index < -0.39 is 22.6 Å². The van der Waals surface area contributed by atoms with Crippen molar-refractivity contribution in [2.75, 3.05) is 28.5 Å². The van der Waals surface area contributed by atoms with Crippen molar-refractivity contribution in [3.05, 3.63) is 47.0 Å². The molecule has 0 radical (unpaired) electrons. The van der Waals surface area contributed by atoms with Crippen LogP contribution in [-0.2, 0) is 17.0 Å². The fourth-order valence-corrected chi connectivity index (χ4v) is 5.26. The zero-order chi connectivity index (χ0) is 23.6. The Kier molecular flexibility index (Phi) is 3.54. The van der Waals surface area contributed by atoms with E-state index in [-0.39, 0.29) is 11.3 Å². The van der Waals surface area contributed by atoms with Gasteiger partial charge in [0.1, 0.15) is 5.52 Å². The van der Waals surface area contributed by atoms with Crippen LogP contribution in [-0.4, -0.2) is 36.8 Å². The molecule has 7 nitrogen and oxygen atoms in total. The highest BCUT2D eigenvalue weighted by atomic mass is 32.2. The number of anilines is 2. The molecule has 0 unspecified atom stereocenters. The average molecular weight is 430 g/mol. The number of hydrogen-bond acceptors (Lipinski definition) is 4. The van der Waals surface area contributed by atoms with Crippen LogP contribution < -0.4 is 15.2 Å². The first-order valence-corrected chi connectivity index (χ1v) is 11.8. The number of nitrogens with one attached hydrogen (secondary N) is 2. The lowest BCUT2D eigenvalue weighted by atomic mass is 9.63. The molecule has 2 aliphatic rings. The average Bonchev–Trinajstić information content (AvgIpc) is 3.16. The van der Waals surface area contributed by atoms with E-state index in [1.54, 1.807) is 31.3 Å². The van der Waals surface area contributed by atoms with Gasteiger partial charge in [-0.25, -0.2) is 8.42 Å². The van der Waals surface area contributed by atoms with Crippen LogP contribution in [0.15, 0.2) is 41.5 Å². The summed E-state index contributed by atoms with van der Waals surface area (Å²) in [5, 5.41) is 0.594. The van der Waals surface area contributed by atoms with Gasteiger partial charge < -0.3 is 14.5 Å². The number of nitrogens with zero attached hydrogens (tertiary/aromatic N) is 2. The van der Waals surface area contributed by atoms with Crippen molar-refractivity contribution < 1.29 is 12.5 Å².